The predicted molar refractivity (Wildman–Crippen MR) is 295 cm³/mol. The number of pyridine rings is 1. The number of hydrogen-bond acceptors (Lipinski definition) is 3. The van der Waals surface area contributed by atoms with Crippen molar-refractivity contribution in [1.82, 2.24) is 14.5 Å². The zero-order valence-corrected chi connectivity index (χ0v) is 46.3. The summed E-state index contributed by atoms with van der Waals surface area (Å²) in [5.74, 6) is 8.54. The first-order valence-electron chi connectivity index (χ1n) is 23.9. The molecule has 0 aliphatic heterocycles. The number of halogens is 1. The third kappa shape index (κ3) is 9.72. The van der Waals surface area contributed by atoms with Crippen molar-refractivity contribution in [3.63, 3.8) is 0 Å². The smallest absolute Gasteiger partial charge is 0 e. The van der Waals surface area contributed by atoms with E-state index in [0.717, 1.165) is 83.5 Å². The van der Waals surface area contributed by atoms with Gasteiger partial charge in [-0.3, -0.25) is 4.98 Å². The predicted octanol–water partition coefficient (Wildman–Crippen LogP) is 17.1. The summed E-state index contributed by atoms with van der Waals surface area (Å²) in [6, 6.07) is 65.1. The SMILES string of the molecule is CC(C)(C)c1cc(-c2ccccc2)c(-n2c(-c3[c-]ccc4c3sc3ccccc34)nc3c4ccc(F)cc4ccc32)c(-c2ccccc2)c1.CC(C)Cc1cc(-c2[c-]cccc2)nc[c]1[Ge]([CH3])([CH3])[CH3].[Ir]. The van der Waals surface area contributed by atoms with Crippen molar-refractivity contribution in [2.24, 2.45) is 5.92 Å². The van der Waals surface area contributed by atoms with Crippen LogP contribution < -0.4 is 4.40 Å². The van der Waals surface area contributed by atoms with E-state index < -0.39 is 13.3 Å². The van der Waals surface area contributed by atoms with Gasteiger partial charge in [0.05, 0.1) is 22.5 Å². The molecule has 0 bridgehead atoms. The Hall–Kier alpha value is -6.02. The molecule has 11 aromatic rings. The van der Waals surface area contributed by atoms with Gasteiger partial charge in [-0.2, -0.15) is 11.3 Å². The first-order chi connectivity index (χ1) is 33.2. The fourth-order valence-electron chi connectivity index (χ4n) is 9.56. The monoisotopic (exact) mass is 1170 g/mol. The molecule has 0 amide bonds. The molecule has 351 valence electrons. The molecular formula is C63H56FGeIrN3S-2. The van der Waals surface area contributed by atoms with Crippen molar-refractivity contribution in [3.05, 3.63) is 205 Å². The summed E-state index contributed by atoms with van der Waals surface area (Å²) >= 11 is -0.0827. The molecule has 70 heavy (non-hydrogen) atoms. The minimum absolute atomic E-state index is 0. The maximum atomic E-state index is 14.5. The molecule has 0 fully saturated rings. The topological polar surface area (TPSA) is 30.7 Å². The van der Waals surface area contributed by atoms with Gasteiger partial charge in [-0.1, -0.05) is 117 Å². The number of aromatic nitrogens is 3. The zero-order chi connectivity index (χ0) is 48.0. The number of rotatable bonds is 8. The van der Waals surface area contributed by atoms with Crippen LogP contribution in [0.2, 0.25) is 17.3 Å². The van der Waals surface area contributed by atoms with Crippen LogP contribution >= 0.6 is 11.3 Å². The summed E-state index contributed by atoms with van der Waals surface area (Å²) in [7, 11) is 0. The van der Waals surface area contributed by atoms with Crippen molar-refractivity contribution in [2.75, 3.05) is 0 Å². The minimum Gasteiger partial charge on any atom is 0 e. The quantitative estimate of drug-likeness (QED) is 0.112. The molecule has 3 nitrogen and oxygen atoms in total. The molecule has 0 unspecified atom stereocenters. The number of thiophene rings is 1. The minimum atomic E-state index is -1.86. The zero-order valence-electron chi connectivity index (χ0n) is 41.0. The normalized spacial score (nSPS) is 11.9. The molecule has 0 atom stereocenters. The van der Waals surface area contributed by atoms with Gasteiger partial charge in [0.1, 0.15) is 5.82 Å². The van der Waals surface area contributed by atoms with Crippen LogP contribution in [0.25, 0.3) is 92.6 Å². The number of hydrogen-bond donors (Lipinski definition) is 0. The van der Waals surface area contributed by atoms with Gasteiger partial charge in [-0.15, -0.1) is 18.2 Å². The Morgan fingerprint density at radius 2 is 1.36 bits per heavy atom. The Kier molecular flexibility index (Phi) is 14.0. The molecular weight excluding hydrogens is 1110 g/mol. The standard InChI is InChI=1S/C45H32FN2S.C18H24GeN.Ir/c1-45(2,3)31-26-37(28-13-6-4-7-14-28)42(38(27-31)29-15-8-5-9-16-29)48-39-24-21-30-25-32(46)22-23-33(30)41(39)47-44(48)36-19-12-18-35-34-17-10-11-20-40(34)49-43(35)36;1-14(2)11-16-12-18(15-9-7-6-8-10-15)20-13-17(16)19(3,4)5;/h4-18,20-27H,1-3H3;6-9,12-14H,11H2,1-5H3;/q2*-1;. The van der Waals surface area contributed by atoms with Crippen molar-refractivity contribution in [2.45, 2.75) is 63.7 Å². The van der Waals surface area contributed by atoms with Crippen molar-refractivity contribution in [3.8, 4) is 50.6 Å². The molecule has 11 rings (SSSR count). The van der Waals surface area contributed by atoms with Gasteiger partial charge in [0.15, 0.2) is 0 Å². The largest absolute Gasteiger partial charge is 0 e. The Balaban J connectivity index is 0.000000244. The van der Waals surface area contributed by atoms with Gasteiger partial charge >= 0.3 is 126 Å². The first kappa shape index (κ1) is 49.0. The molecule has 3 aromatic heterocycles. The maximum absolute atomic E-state index is 14.5. The second kappa shape index (κ2) is 20.0. The van der Waals surface area contributed by atoms with Gasteiger partial charge in [0, 0.05) is 41.3 Å². The van der Waals surface area contributed by atoms with Gasteiger partial charge in [-0.05, 0) is 80.0 Å². The second-order valence-electron chi connectivity index (χ2n) is 20.5. The van der Waals surface area contributed by atoms with Gasteiger partial charge in [0.25, 0.3) is 0 Å². The van der Waals surface area contributed by atoms with Crippen LogP contribution in [-0.2, 0) is 31.9 Å². The molecule has 0 saturated heterocycles. The van der Waals surface area contributed by atoms with E-state index in [1.54, 1.807) is 21.8 Å². The van der Waals surface area contributed by atoms with Crippen LogP contribution in [0.5, 0.6) is 0 Å². The fraction of sp³-hybridized carbons (Fsp3) is 0.175. The van der Waals surface area contributed by atoms with Crippen LogP contribution in [0.4, 0.5) is 4.39 Å². The second-order valence-corrected chi connectivity index (χ2v) is 32.1. The molecule has 0 spiro atoms. The van der Waals surface area contributed by atoms with E-state index in [2.05, 4.69) is 196 Å². The Morgan fingerprint density at radius 3 is 2.00 bits per heavy atom. The van der Waals surface area contributed by atoms with Gasteiger partial charge in [-0.25, -0.2) is 4.39 Å². The van der Waals surface area contributed by atoms with Crippen molar-refractivity contribution >= 4 is 71.0 Å². The number of benzene rings is 8. The van der Waals surface area contributed by atoms with E-state index >= 15 is 0 Å². The summed E-state index contributed by atoms with van der Waals surface area (Å²) in [6.45, 7) is 11.4. The average Bonchev–Trinajstić information content (AvgIpc) is 3.93. The summed E-state index contributed by atoms with van der Waals surface area (Å²) in [5.41, 5.74) is 13.1. The molecule has 0 aliphatic rings. The van der Waals surface area contributed by atoms with E-state index in [1.807, 2.05) is 36.4 Å². The molecule has 8 aromatic carbocycles. The molecule has 0 N–H and O–H groups in total. The summed E-state index contributed by atoms with van der Waals surface area (Å²) in [5, 5.41) is 4.15. The third-order valence-corrected chi connectivity index (χ3v) is 18.5. The van der Waals surface area contributed by atoms with Crippen LogP contribution in [0.3, 0.4) is 0 Å². The molecule has 7 heteroatoms. The first-order valence-corrected chi connectivity index (χ1v) is 32.1. The van der Waals surface area contributed by atoms with Crippen molar-refractivity contribution < 1.29 is 24.5 Å². The third-order valence-electron chi connectivity index (χ3n) is 12.9. The molecule has 3 heterocycles. The fourth-order valence-corrected chi connectivity index (χ4v) is 14.1. The molecule has 1 radical (unpaired) electrons. The molecule has 0 saturated carbocycles. The van der Waals surface area contributed by atoms with E-state index in [1.165, 1.54) is 32.7 Å². The van der Waals surface area contributed by atoms with E-state index in [-0.39, 0.29) is 31.3 Å². The van der Waals surface area contributed by atoms with E-state index in [0.29, 0.717) is 5.92 Å². The van der Waals surface area contributed by atoms with Crippen LogP contribution in [0.15, 0.2) is 176 Å². The van der Waals surface area contributed by atoms with Crippen LogP contribution in [0, 0.1) is 23.9 Å². The maximum Gasteiger partial charge on any atom is 0 e. The Morgan fingerprint density at radius 1 is 0.686 bits per heavy atom. The van der Waals surface area contributed by atoms with Gasteiger partial charge < -0.3 is 4.57 Å². The van der Waals surface area contributed by atoms with E-state index in [9.17, 15) is 4.39 Å². The number of fused-ring (bicyclic) bond motifs is 6. The van der Waals surface area contributed by atoms with Crippen molar-refractivity contribution in [1.29, 1.82) is 0 Å². The summed E-state index contributed by atoms with van der Waals surface area (Å²) < 4.78 is 20.8. The van der Waals surface area contributed by atoms with Crippen LogP contribution in [-0.4, -0.2) is 27.8 Å². The number of nitrogens with zero attached hydrogens (tertiary/aromatic N) is 3. The summed E-state index contributed by atoms with van der Waals surface area (Å²) in [4.78, 5) is 10.2. The Bertz CT molecular complexity index is 3580. The van der Waals surface area contributed by atoms with Crippen LogP contribution in [0.1, 0.15) is 45.7 Å². The number of imidazole rings is 1. The van der Waals surface area contributed by atoms with E-state index in [4.69, 9.17) is 9.97 Å². The van der Waals surface area contributed by atoms with Gasteiger partial charge in [0.2, 0.25) is 0 Å². The Labute approximate surface area is 432 Å². The average molecular weight is 1170 g/mol. The molecule has 0 aliphatic carbocycles. The summed E-state index contributed by atoms with van der Waals surface area (Å²) in [6.07, 6.45) is 3.27.